The molecular weight excluding hydrogens is 302 g/mol. The normalized spacial score (nSPS) is 21.4. The molecule has 1 heterocycles. The molecule has 1 aliphatic carbocycles. The minimum atomic E-state index is 0.0158. The number of piperidine rings is 1. The zero-order valence-electron chi connectivity index (χ0n) is 15.3. The summed E-state index contributed by atoms with van der Waals surface area (Å²) in [6.07, 6.45) is 10.4. The quantitative estimate of drug-likeness (QED) is 0.733. The lowest BCUT2D eigenvalue weighted by molar-refractivity contribution is -0.124. The van der Waals surface area contributed by atoms with E-state index >= 15 is 0 Å². The van der Waals surface area contributed by atoms with Crippen LogP contribution in [0.4, 0.5) is 4.79 Å². The van der Waals surface area contributed by atoms with Gasteiger partial charge in [0.2, 0.25) is 5.91 Å². The number of carbonyl (C=O) groups excluding carboxylic acids is 2. The first-order valence-electron chi connectivity index (χ1n) is 9.54. The molecule has 0 saturated carbocycles. The van der Waals surface area contributed by atoms with Gasteiger partial charge in [-0.05, 0) is 50.9 Å². The van der Waals surface area contributed by atoms with Crippen LogP contribution in [0.3, 0.4) is 0 Å². The molecule has 5 nitrogen and oxygen atoms in total. The fraction of sp³-hybridized carbons (Fsp3) is 0.789. The Morgan fingerprint density at radius 1 is 1.25 bits per heavy atom. The summed E-state index contributed by atoms with van der Waals surface area (Å²) in [5.41, 5.74) is 1.49. The van der Waals surface area contributed by atoms with Gasteiger partial charge < -0.3 is 15.5 Å². The van der Waals surface area contributed by atoms with Crippen molar-refractivity contribution in [2.24, 2.45) is 11.8 Å². The lowest BCUT2D eigenvalue weighted by Gasteiger charge is -2.33. The maximum Gasteiger partial charge on any atom is 0.317 e. The van der Waals surface area contributed by atoms with Crippen LogP contribution in [0.2, 0.25) is 0 Å². The van der Waals surface area contributed by atoms with Crippen molar-refractivity contribution in [2.45, 2.75) is 58.8 Å². The summed E-state index contributed by atoms with van der Waals surface area (Å²) in [5.74, 6) is 0.479. The van der Waals surface area contributed by atoms with Crippen LogP contribution in [0.1, 0.15) is 58.8 Å². The Labute approximate surface area is 146 Å². The van der Waals surface area contributed by atoms with Crippen LogP contribution in [0.15, 0.2) is 11.6 Å². The van der Waals surface area contributed by atoms with E-state index in [1.54, 1.807) is 0 Å². The average Bonchev–Trinajstić information content (AvgIpc) is 2.60. The predicted octanol–water partition coefficient (Wildman–Crippen LogP) is 3.07. The lowest BCUT2D eigenvalue weighted by atomic mass is 9.97. The van der Waals surface area contributed by atoms with Crippen LogP contribution in [0.5, 0.6) is 0 Å². The van der Waals surface area contributed by atoms with Crippen LogP contribution in [-0.2, 0) is 4.79 Å². The van der Waals surface area contributed by atoms with Crippen molar-refractivity contribution in [3.05, 3.63) is 11.6 Å². The van der Waals surface area contributed by atoms with Gasteiger partial charge in [-0.15, -0.1) is 0 Å². The third-order valence-corrected chi connectivity index (χ3v) is 5.00. The summed E-state index contributed by atoms with van der Waals surface area (Å²) in [7, 11) is 0. The molecule has 136 valence electrons. The number of hydrogen-bond acceptors (Lipinski definition) is 2. The molecule has 0 radical (unpaired) electrons. The van der Waals surface area contributed by atoms with Gasteiger partial charge in [-0.2, -0.15) is 0 Å². The van der Waals surface area contributed by atoms with Gasteiger partial charge in [0, 0.05) is 32.1 Å². The second-order valence-electron chi connectivity index (χ2n) is 7.44. The van der Waals surface area contributed by atoms with E-state index in [-0.39, 0.29) is 17.9 Å². The van der Waals surface area contributed by atoms with E-state index in [0.717, 1.165) is 38.9 Å². The fourth-order valence-electron chi connectivity index (χ4n) is 3.44. The number of allylic oxidation sites excluding steroid dienone is 1. The van der Waals surface area contributed by atoms with Crippen molar-refractivity contribution in [3.63, 3.8) is 0 Å². The predicted molar refractivity (Wildman–Crippen MR) is 96.7 cm³/mol. The van der Waals surface area contributed by atoms with Gasteiger partial charge in [0.1, 0.15) is 0 Å². The molecular formula is C19H33N3O2. The van der Waals surface area contributed by atoms with Gasteiger partial charge in [0.15, 0.2) is 0 Å². The number of nitrogens with one attached hydrogen (secondary N) is 2. The first-order chi connectivity index (χ1) is 11.6. The monoisotopic (exact) mass is 335 g/mol. The van der Waals surface area contributed by atoms with Crippen molar-refractivity contribution in [1.29, 1.82) is 0 Å². The Morgan fingerprint density at radius 2 is 2.08 bits per heavy atom. The highest BCUT2D eigenvalue weighted by atomic mass is 16.2. The van der Waals surface area contributed by atoms with Gasteiger partial charge in [-0.25, -0.2) is 4.79 Å². The van der Waals surface area contributed by atoms with E-state index in [4.69, 9.17) is 0 Å². The molecule has 5 heteroatoms. The van der Waals surface area contributed by atoms with Crippen LogP contribution in [0.25, 0.3) is 0 Å². The maximum atomic E-state index is 12.3. The number of likely N-dealkylation sites (tertiary alicyclic amines) is 1. The zero-order valence-corrected chi connectivity index (χ0v) is 15.3. The number of amides is 3. The molecule has 0 aromatic carbocycles. The number of nitrogens with zero attached hydrogens (tertiary/aromatic N) is 1. The summed E-state index contributed by atoms with van der Waals surface area (Å²) in [5, 5.41) is 6.05. The van der Waals surface area contributed by atoms with E-state index in [2.05, 4.69) is 16.7 Å². The summed E-state index contributed by atoms with van der Waals surface area (Å²) < 4.78 is 0. The summed E-state index contributed by atoms with van der Waals surface area (Å²) in [6, 6.07) is 0.0475. The first kappa shape index (κ1) is 18.8. The topological polar surface area (TPSA) is 61.4 Å². The number of urea groups is 1. The smallest absolute Gasteiger partial charge is 0.317 e. The molecule has 0 spiro atoms. The van der Waals surface area contributed by atoms with Gasteiger partial charge in [0.25, 0.3) is 0 Å². The Kier molecular flexibility index (Phi) is 7.60. The minimum Gasteiger partial charge on any atom is -0.356 e. The number of rotatable bonds is 6. The summed E-state index contributed by atoms with van der Waals surface area (Å²) in [4.78, 5) is 25.9. The minimum absolute atomic E-state index is 0.0158. The number of hydrogen-bond donors (Lipinski definition) is 2. The van der Waals surface area contributed by atoms with Gasteiger partial charge in [-0.1, -0.05) is 25.5 Å². The van der Waals surface area contributed by atoms with Gasteiger partial charge in [-0.3, -0.25) is 4.79 Å². The second-order valence-corrected chi connectivity index (χ2v) is 7.44. The SMILES string of the molecule is CC(C)C(=O)NC[C@H]1CCCN(C(=O)NCCC2=CCCCC2)C1. The zero-order chi connectivity index (χ0) is 17.4. The van der Waals surface area contributed by atoms with Crippen LogP contribution in [0, 0.1) is 11.8 Å². The molecule has 0 aromatic rings. The molecule has 0 bridgehead atoms. The Bertz CT molecular complexity index is 460. The molecule has 3 amide bonds. The van der Waals surface area contributed by atoms with Crippen LogP contribution < -0.4 is 10.6 Å². The Hall–Kier alpha value is -1.52. The summed E-state index contributed by atoms with van der Waals surface area (Å²) in [6.45, 7) is 6.77. The molecule has 1 saturated heterocycles. The average molecular weight is 335 g/mol. The van der Waals surface area contributed by atoms with E-state index in [9.17, 15) is 9.59 Å². The molecule has 2 N–H and O–H groups in total. The summed E-state index contributed by atoms with van der Waals surface area (Å²) >= 11 is 0. The molecule has 0 unspecified atom stereocenters. The highest BCUT2D eigenvalue weighted by Gasteiger charge is 2.24. The van der Waals surface area contributed by atoms with E-state index in [1.165, 1.54) is 31.3 Å². The second kappa shape index (κ2) is 9.70. The molecule has 1 aliphatic heterocycles. The molecule has 24 heavy (non-hydrogen) atoms. The van der Waals surface area contributed by atoms with Gasteiger partial charge >= 0.3 is 6.03 Å². The largest absolute Gasteiger partial charge is 0.356 e. The van der Waals surface area contributed by atoms with E-state index < -0.39 is 0 Å². The number of carbonyl (C=O) groups is 2. The Morgan fingerprint density at radius 3 is 2.79 bits per heavy atom. The van der Waals surface area contributed by atoms with Crippen molar-refractivity contribution < 1.29 is 9.59 Å². The maximum absolute atomic E-state index is 12.3. The standard InChI is InChI=1S/C19H33N3O2/c1-15(2)18(23)21-13-17-9-6-12-22(14-17)19(24)20-11-10-16-7-4-3-5-8-16/h7,15,17H,3-6,8-14H2,1-2H3,(H,20,24)(H,21,23)/t17-/m1/s1. The van der Waals surface area contributed by atoms with Crippen molar-refractivity contribution in [3.8, 4) is 0 Å². The first-order valence-corrected chi connectivity index (χ1v) is 9.54. The van der Waals surface area contributed by atoms with Gasteiger partial charge in [0.05, 0.1) is 0 Å². The third kappa shape index (κ3) is 6.17. The van der Waals surface area contributed by atoms with Crippen molar-refractivity contribution in [2.75, 3.05) is 26.2 Å². The van der Waals surface area contributed by atoms with E-state index in [1.807, 2.05) is 18.7 Å². The highest BCUT2D eigenvalue weighted by molar-refractivity contribution is 5.77. The molecule has 2 rings (SSSR count). The molecule has 1 atom stereocenters. The Balaban J connectivity index is 1.67. The fourth-order valence-corrected chi connectivity index (χ4v) is 3.44. The van der Waals surface area contributed by atoms with E-state index in [0.29, 0.717) is 12.5 Å². The van der Waals surface area contributed by atoms with Crippen molar-refractivity contribution >= 4 is 11.9 Å². The van der Waals surface area contributed by atoms with Crippen molar-refractivity contribution in [1.82, 2.24) is 15.5 Å². The molecule has 1 fully saturated rings. The van der Waals surface area contributed by atoms with Crippen LogP contribution in [-0.4, -0.2) is 43.0 Å². The highest BCUT2D eigenvalue weighted by Crippen LogP contribution is 2.20. The van der Waals surface area contributed by atoms with Crippen LogP contribution >= 0.6 is 0 Å². The lowest BCUT2D eigenvalue weighted by Crippen LogP contribution is -2.48. The molecule has 2 aliphatic rings. The third-order valence-electron chi connectivity index (χ3n) is 5.00. The molecule has 0 aromatic heterocycles.